The molecule has 4 heteroatoms. The molecular weight excluding hydrogens is 278 g/mol. The lowest BCUT2D eigenvalue weighted by atomic mass is 9.78. The molecule has 0 spiro atoms. The van der Waals surface area contributed by atoms with Crippen LogP contribution < -0.4 is 0 Å². The second-order valence-electron chi connectivity index (χ2n) is 7.16. The van der Waals surface area contributed by atoms with Crippen LogP contribution in [-0.4, -0.2) is 33.4 Å². The number of fused-ring (bicyclic) bond motifs is 1. The predicted molar refractivity (Wildman–Crippen MR) is 88.2 cm³/mol. The fourth-order valence-corrected chi connectivity index (χ4v) is 5.44. The molecule has 2 aromatic heterocycles. The lowest BCUT2D eigenvalue weighted by Gasteiger charge is -2.42. The van der Waals surface area contributed by atoms with Crippen molar-refractivity contribution in [2.75, 3.05) is 13.1 Å². The van der Waals surface area contributed by atoms with E-state index in [0.29, 0.717) is 0 Å². The number of aryl methyl sites for hydroxylation is 1. The van der Waals surface area contributed by atoms with E-state index >= 15 is 0 Å². The van der Waals surface area contributed by atoms with Gasteiger partial charge in [0.05, 0.1) is 5.69 Å². The summed E-state index contributed by atoms with van der Waals surface area (Å²) in [6.45, 7) is 7.06. The minimum absolute atomic E-state index is 0.227. The number of piperidine rings is 1. The summed E-state index contributed by atoms with van der Waals surface area (Å²) in [7, 11) is 0. The van der Waals surface area contributed by atoms with Gasteiger partial charge in [0, 0.05) is 29.6 Å². The first-order valence-electron chi connectivity index (χ1n) is 8.34. The Bertz CT molecular complexity index is 638. The summed E-state index contributed by atoms with van der Waals surface area (Å²) < 4.78 is 2.26. The number of nitrogens with zero attached hydrogens (tertiary/aromatic N) is 3. The highest BCUT2D eigenvalue weighted by Crippen LogP contribution is 2.39. The van der Waals surface area contributed by atoms with Crippen LogP contribution in [0.1, 0.15) is 57.0 Å². The number of thiazole rings is 1. The number of rotatable bonds is 2. The van der Waals surface area contributed by atoms with Gasteiger partial charge >= 0.3 is 0 Å². The molecule has 0 aromatic carbocycles. The molecule has 1 aliphatic heterocycles. The van der Waals surface area contributed by atoms with Crippen LogP contribution in [0.25, 0.3) is 4.83 Å². The second kappa shape index (κ2) is 5.10. The topological polar surface area (TPSA) is 20.5 Å². The zero-order valence-corrected chi connectivity index (χ0v) is 14.0. The van der Waals surface area contributed by atoms with Crippen molar-refractivity contribution < 1.29 is 0 Å². The molecule has 4 rings (SSSR count). The normalized spacial score (nSPS) is 28.7. The Morgan fingerprint density at radius 2 is 2.10 bits per heavy atom. The van der Waals surface area contributed by atoms with Gasteiger partial charge in [0.25, 0.3) is 0 Å². The van der Waals surface area contributed by atoms with Gasteiger partial charge in [-0.25, -0.2) is 4.98 Å². The number of hydrogen-bond donors (Lipinski definition) is 0. The highest BCUT2D eigenvalue weighted by Gasteiger charge is 2.39. The largest absolute Gasteiger partial charge is 0.299 e. The fourth-order valence-electron chi connectivity index (χ4n) is 4.41. The maximum Gasteiger partial charge on any atom is 0.123 e. The van der Waals surface area contributed by atoms with E-state index in [-0.39, 0.29) is 5.41 Å². The first-order valence-corrected chi connectivity index (χ1v) is 9.22. The van der Waals surface area contributed by atoms with Crippen LogP contribution in [0.2, 0.25) is 0 Å². The van der Waals surface area contributed by atoms with Crippen molar-refractivity contribution in [2.24, 2.45) is 0 Å². The minimum Gasteiger partial charge on any atom is -0.299 e. The summed E-state index contributed by atoms with van der Waals surface area (Å²) in [5.41, 5.74) is 1.57. The van der Waals surface area contributed by atoms with E-state index in [1.54, 1.807) is 0 Å². The first-order chi connectivity index (χ1) is 10.2. The van der Waals surface area contributed by atoms with E-state index in [4.69, 9.17) is 4.98 Å². The molecule has 0 radical (unpaired) electrons. The number of likely N-dealkylation sites (tertiary alicyclic amines) is 1. The average Bonchev–Trinajstić information content (AvgIpc) is 3.17. The average molecular weight is 303 g/mol. The third-order valence-corrected chi connectivity index (χ3v) is 6.44. The van der Waals surface area contributed by atoms with Gasteiger partial charge < -0.3 is 0 Å². The molecule has 114 valence electrons. The summed E-state index contributed by atoms with van der Waals surface area (Å²) in [5, 5.41) is 2.19. The van der Waals surface area contributed by atoms with Crippen molar-refractivity contribution >= 4 is 16.2 Å². The Morgan fingerprint density at radius 3 is 2.90 bits per heavy atom. The van der Waals surface area contributed by atoms with Crippen molar-refractivity contribution in [3.63, 3.8) is 0 Å². The Kier molecular flexibility index (Phi) is 3.34. The standard InChI is InChI=1S/C17H25N3S/c1-13-18-15(16-20(13)10-11-21-16)17(2)8-5-9-19(12-17)14-6-3-4-7-14/h10-11,14H,3-9,12H2,1-2H3/t17-/m1/s1. The number of aromatic nitrogens is 2. The number of hydrogen-bond acceptors (Lipinski definition) is 3. The van der Waals surface area contributed by atoms with Gasteiger partial charge in [-0.1, -0.05) is 19.8 Å². The maximum absolute atomic E-state index is 4.95. The summed E-state index contributed by atoms with van der Waals surface area (Å²) in [6, 6.07) is 0.840. The van der Waals surface area contributed by atoms with E-state index in [9.17, 15) is 0 Å². The van der Waals surface area contributed by atoms with Crippen LogP contribution in [0.15, 0.2) is 11.6 Å². The van der Waals surface area contributed by atoms with E-state index in [1.165, 1.54) is 62.1 Å². The van der Waals surface area contributed by atoms with Gasteiger partial charge in [-0.3, -0.25) is 9.30 Å². The molecule has 0 bridgehead atoms. The van der Waals surface area contributed by atoms with Crippen LogP contribution >= 0.6 is 11.3 Å². The Labute approximate surface area is 131 Å². The predicted octanol–water partition coefficient (Wildman–Crippen LogP) is 4.00. The van der Waals surface area contributed by atoms with E-state index < -0.39 is 0 Å². The molecule has 1 atom stereocenters. The Hall–Kier alpha value is -0.870. The van der Waals surface area contributed by atoms with E-state index in [0.717, 1.165) is 11.9 Å². The molecule has 1 aliphatic carbocycles. The third kappa shape index (κ3) is 2.23. The van der Waals surface area contributed by atoms with Gasteiger partial charge in [-0.2, -0.15) is 0 Å². The Balaban J connectivity index is 1.67. The molecule has 3 heterocycles. The van der Waals surface area contributed by atoms with Gasteiger partial charge in [-0.05, 0) is 39.2 Å². The first kappa shape index (κ1) is 13.8. The molecule has 21 heavy (non-hydrogen) atoms. The molecule has 1 saturated carbocycles. The summed E-state index contributed by atoms with van der Waals surface area (Å²) >= 11 is 1.84. The molecule has 0 N–H and O–H groups in total. The lowest BCUT2D eigenvalue weighted by Crippen LogP contribution is -2.48. The molecule has 2 fully saturated rings. The van der Waals surface area contributed by atoms with Crippen LogP contribution in [0.5, 0.6) is 0 Å². The van der Waals surface area contributed by atoms with Gasteiger partial charge in [0.15, 0.2) is 0 Å². The van der Waals surface area contributed by atoms with Crippen molar-refractivity contribution in [3.05, 3.63) is 23.1 Å². The van der Waals surface area contributed by atoms with Gasteiger partial charge in [0.2, 0.25) is 0 Å². The minimum atomic E-state index is 0.227. The lowest BCUT2D eigenvalue weighted by molar-refractivity contribution is 0.110. The molecule has 1 saturated heterocycles. The highest BCUT2D eigenvalue weighted by molar-refractivity contribution is 7.15. The zero-order chi connectivity index (χ0) is 14.4. The van der Waals surface area contributed by atoms with Crippen molar-refractivity contribution in [1.82, 2.24) is 14.3 Å². The van der Waals surface area contributed by atoms with E-state index in [2.05, 4.69) is 34.7 Å². The third-order valence-electron chi connectivity index (χ3n) is 5.57. The van der Waals surface area contributed by atoms with Crippen molar-refractivity contribution in [2.45, 2.75) is 63.8 Å². The molecule has 3 nitrogen and oxygen atoms in total. The van der Waals surface area contributed by atoms with Crippen LogP contribution in [0.3, 0.4) is 0 Å². The molecule has 2 aromatic rings. The van der Waals surface area contributed by atoms with Gasteiger partial charge in [-0.15, -0.1) is 11.3 Å². The fraction of sp³-hybridized carbons (Fsp3) is 0.706. The van der Waals surface area contributed by atoms with Crippen LogP contribution in [-0.2, 0) is 5.41 Å². The molecular formula is C17H25N3S. The maximum atomic E-state index is 4.95. The smallest absolute Gasteiger partial charge is 0.123 e. The SMILES string of the molecule is Cc1nc([C@]2(C)CCCN(C3CCCC3)C2)c2sccn12. The Morgan fingerprint density at radius 1 is 1.29 bits per heavy atom. The van der Waals surface area contributed by atoms with Crippen LogP contribution in [0.4, 0.5) is 0 Å². The second-order valence-corrected chi connectivity index (χ2v) is 8.05. The quantitative estimate of drug-likeness (QED) is 0.836. The van der Waals surface area contributed by atoms with Gasteiger partial charge in [0.1, 0.15) is 10.7 Å². The van der Waals surface area contributed by atoms with E-state index in [1.807, 2.05) is 11.3 Å². The zero-order valence-electron chi connectivity index (χ0n) is 13.1. The molecule has 0 amide bonds. The highest BCUT2D eigenvalue weighted by atomic mass is 32.1. The molecule has 0 unspecified atom stereocenters. The van der Waals surface area contributed by atoms with Crippen LogP contribution in [0, 0.1) is 6.92 Å². The number of imidazole rings is 1. The molecule has 2 aliphatic rings. The van der Waals surface area contributed by atoms with Crippen molar-refractivity contribution in [3.8, 4) is 0 Å². The summed E-state index contributed by atoms with van der Waals surface area (Å²) in [6.07, 6.45) is 10.4. The summed E-state index contributed by atoms with van der Waals surface area (Å²) in [4.78, 5) is 9.09. The summed E-state index contributed by atoms with van der Waals surface area (Å²) in [5.74, 6) is 1.14. The monoisotopic (exact) mass is 303 g/mol. The van der Waals surface area contributed by atoms with Crippen molar-refractivity contribution in [1.29, 1.82) is 0 Å².